The van der Waals surface area contributed by atoms with Gasteiger partial charge >= 0.3 is 5.97 Å². The first kappa shape index (κ1) is 16.9. The molecule has 0 bridgehead atoms. The highest BCUT2D eigenvalue weighted by molar-refractivity contribution is 7.89. The molecule has 0 aliphatic carbocycles. The summed E-state index contributed by atoms with van der Waals surface area (Å²) >= 11 is 0. The fourth-order valence-electron chi connectivity index (χ4n) is 2.03. The molecular weight excluding hydrogens is 320 g/mol. The molecule has 0 aromatic heterocycles. The van der Waals surface area contributed by atoms with Crippen LogP contribution in [-0.4, -0.2) is 49.8 Å². The second-order valence-corrected chi connectivity index (χ2v) is 6.99. The molecule has 0 atom stereocenters. The lowest BCUT2D eigenvalue weighted by Gasteiger charge is -2.17. The van der Waals surface area contributed by atoms with Gasteiger partial charge in [-0.3, -0.25) is 9.59 Å². The highest BCUT2D eigenvalue weighted by atomic mass is 32.2. The van der Waals surface area contributed by atoms with Gasteiger partial charge in [0.05, 0.1) is 11.4 Å². The van der Waals surface area contributed by atoms with E-state index in [9.17, 15) is 18.0 Å². The molecule has 0 aliphatic heterocycles. The number of nitrogens with one attached hydrogen (secondary N) is 1. The molecule has 23 heavy (non-hydrogen) atoms. The summed E-state index contributed by atoms with van der Waals surface area (Å²) in [5.41, 5.74) is 0. The monoisotopic (exact) mass is 336 g/mol. The van der Waals surface area contributed by atoms with E-state index in [1.807, 2.05) is 18.2 Å². The van der Waals surface area contributed by atoms with E-state index in [4.69, 9.17) is 5.11 Å². The van der Waals surface area contributed by atoms with Crippen LogP contribution in [0.3, 0.4) is 0 Å². The van der Waals surface area contributed by atoms with Crippen molar-refractivity contribution in [2.24, 2.45) is 0 Å². The second kappa shape index (κ2) is 6.76. The first-order valence-corrected chi connectivity index (χ1v) is 8.18. The summed E-state index contributed by atoms with van der Waals surface area (Å²) in [6, 6.07) is 12.0. The molecule has 0 heterocycles. The number of nitrogens with zero attached hydrogens (tertiary/aromatic N) is 1. The molecule has 2 N–H and O–H groups in total. The van der Waals surface area contributed by atoms with Crippen LogP contribution in [0.4, 0.5) is 0 Å². The van der Waals surface area contributed by atoms with Gasteiger partial charge in [0.1, 0.15) is 6.54 Å². The number of aliphatic carboxylic acids is 1. The second-order valence-electron chi connectivity index (χ2n) is 4.94. The van der Waals surface area contributed by atoms with Gasteiger partial charge < -0.3 is 10.4 Å². The number of fused-ring (bicyclic) bond motifs is 1. The van der Waals surface area contributed by atoms with Crippen molar-refractivity contribution >= 4 is 32.7 Å². The molecule has 122 valence electrons. The fraction of sp³-hybridized carbons (Fsp3) is 0.200. The fourth-order valence-corrected chi connectivity index (χ4v) is 3.19. The first-order valence-electron chi connectivity index (χ1n) is 6.74. The largest absolute Gasteiger partial charge is 0.480 e. The van der Waals surface area contributed by atoms with Gasteiger partial charge in [-0.25, -0.2) is 8.42 Å². The van der Waals surface area contributed by atoms with Gasteiger partial charge in [-0.2, -0.15) is 4.31 Å². The standard InChI is InChI=1S/C15H16N2O5S/c1-17(10-14(18)16-9-15(19)20)23(21,22)13-7-6-11-4-2-3-5-12(11)8-13/h2-8H,9-10H2,1H3,(H,16,18)(H,19,20). The van der Waals surface area contributed by atoms with Crippen LogP contribution in [0.5, 0.6) is 0 Å². The van der Waals surface area contributed by atoms with E-state index < -0.39 is 35.0 Å². The topological polar surface area (TPSA) is 104 Å². The highest BCUT2D eigenvalue weighted by Gasteiger charge is 2.23. The maximum atomic E-state index is 12.5. The molecular formula is C15H16N2O5S. The van der Waals surface area contributed by atoms with E-state index in [1.54, 1.807) is 12.1 Å². The van der Waals surface area contributed by atoms with Crippen molar-refractivity contribution in [2.45, 2.75) is 4.90 Å². The van der Waals surface area contributed by atoms with Gasteiger partial charge in [0.25, 0.3) is 0 Å². The molecule has 0 saturated heterocycles. The first-order chi connectivity index (χ1) is 10.8. The predicted molar refractivity (Wildman–Crippen MR) is 84.4 cm³/mol. The maximum Gasteiger partial charge on any atom is 0.322 e. The lowest BCUT2D eigenvalue weighted by atomic mass is 10.1. The van der Waals surface area contributed by atoms with Gasteiger partial charge in [-0.1, -0.05) is 30.3 Å². The molecule has 0 unspecified atom stereocenters. The van der Waals surface area contributed by atoms with Crippen LogP contribution in [0.1, 0.15) is 0 Å². The Morgan fingerprint density at radius 1 is 1.13 bits per heavy atom. The summed E-state index contributed by atoms with van der Waals surface area (Å²) < 4.78 is 25.8. The Kier molecular flexibility index (Phi) is 4.97. The van der Waals surface area contributed by atoms with E-state index in [0.717, 1.165) is 15.1 Å². The minimum atomic E-state index is -3.84. The Morgan fingerprint density at radius 2 is 1.78 bits per heavy atom. The molecule has 2 aromatic rings. The molecule has 0 radical (unpaired) electrons. The molecule has 0 spiro atoms. The number of sulfonamides is 1. The number of likely N-dealkylation sites (N-methyl/N-ethyl adjacent to an activating group) is 1. The Labute approximate surface area is 133 Å². The number of carbonyl (C=O) groups is 2. The van der Waals surface area contributed by atoms with E-state index in [2.05, 4.69) is 5.32 Å². The summed E-state index contributed by atoms with van der Waals surface area (Å²) in [5, 5.41) is 12.3. The lowest BCUT2D eigenvalue weighted by molar-refractivity contribution is -0.137. The van der Waals surface area contributed by atoms with Crippen molar-refractivity contribution in [2.75, 3.05) is 20.1 Å². The molecule has 1 amide bonds. The number of carboxylic acid groups (broad SMARTS) is 1. The number of benzene rings is 2. The number of hydrogen-bond donors (Lipinski definition) is 2. The number of amides is 1. The van der Waals surface area contributed by atoms with Crippen LogP contribution in [0.2, 0.25) is 0 Å². The van der Waals surface area contributed by atoms with Crippen LogP contribution >= 0.6 is 0 Å². The number of carboxylic acids is 1. The van der Waals surface area contributed by atoms with Crippen molar-refractivity contribution < 1.29 is 23.1 Å². The highest BCUT2D eigenvalue weighted by Crippen LogP contribution is 2.21. The molecule has 0 aliphatic rings. The van der Waals surface area contributed by atoms with Gasteiger partial charge in [-0.05, 0) is 22.9 Å². The zero-order valence-corrected chi connectivity index (χ0v) is 13.2. The van der Waals surface area contributed by atoms with E-state index in [0.29, 0.717) is 0 Å². The van der Waals surface area contributed by atoms with E-state index in [1.165, 1.54) is 19.2 Å². The SMILES string of the molecule is CN(CC(=O)NCC(=O)O)S(=O)(=O)c1ccc2ccccc2c1. The smallest absolute Gasteiger partial charge is 0.322 e. The molecule has 2 rings (SSSR count). The Bertz CT molecular complexity index is 848. The predicted octanol–water partition coefficient (Wildman–Crippen LogP) is 0.661. The van der Waals surface area contributed by atoms with Crippen molar-refractivity contribution in [1.82, 2.24) is 9.62 Å². The third-order valence-electron chi connectivity index (χ3n) is 3.23. The van der Waals surface area contributed by atoms with Crippen molar-refractivity contribution in [3.8, 4) is 0 Å². The molecule has 8 heteroatoms. The van der Waals surface area contributed by atoms with Crippen molar-refractivity contribution in [3.63, 3.8) is 0 Å². The zero-order chi connectivity index (χ0) is 17.0. The van der Waals surface area contributed by atoms with Crippen LogP contribution in [0.25, 0.3) is 10.8 Å². The quantitative estimate of drug-likeness (QED) is 0.806. The number of carbonyl (C=O) groups excluding carboxylic acids is 1. The third kappa shape index (κ3) is 4.05. The number of rotatable bonds is 6. The third-order valence-corrected chi connectivity index (χ3v) is 5.03. The van der Waals surface area contributed by atoms with Gasteiger partial charge in [0.15, 0.2) is 0 Å². The average molecular weight is 336 g/mol. The zero-order valence-electron chi connectivity index (χ0n) is 12.4. The Balaban J connectivity index is 2.18. The summed E-state index contributed by atoms with van der Waals surface area (Å²) in [6.07, 6.45) is 0. The number of hydrogen-bond acceptors (Lipinski definition) is 4. The van der Waals surface area contributed by atoms with E-state index >= 15 is 0 Å². The lowest BCUT2D eigenvalue weighted by Crippen LogP contribution is -2.40. The molecule has 0 saturated carbocycles. The summed E-state index contributed by atoms with van der Waals surface area (Å²) in [7, 11) is -2.57. The van der Waals surface area contributed by atoms with Crippen molar-refractivity contribution in [1.29, 1.82) is 0 Å². The normalized spacial score (nSPS) is 11.6. The van der Waals surface area contributed by atoms with Crippen molar-refractivity contribution in [3.05, 3.63) is 42.5 Å². The van der Waals surface area contributed by atoms with Gasteiger partial charge in [-0.15, -0.1) is 0 Å². The Morgan fingerprint density at radius 3 is 2.43 bits per heavy atom. The summed E-state index contributed by atoms with van der Waals surface area (Å²) in [4.78, 5) is 22.0. The summed E-state index contributed by atoms with van der Waals surface area (Å²) in [5.74, 6) is -1.88. The van der Waals surface area contributed by atoms with Crippen LogP contribution < -0.4 is 5.32 Å². The van der Waals surface area contributed by atoms with Crippen LogP contribution in [-0.2, 0) is 19.6 Å². The minimum Gasteiger partial charge on any atom is -0.480 e. The molecule has 0 fully saturated rings. The molecule has 7 nitrogen and oxygen atoms in total. The minimum absolute atomic E-state index is 0.0738. The summed E-state index contributed by atoms with van der Waals surface area (Å²) in [6.45, 7) is -1.01. The van der Waals surface area contributed by atoms with Crippen LogP contribution in [0.15, 0.2) is 47.4 Å². The van der Waals surface area contributed by atoms with Gasteiger partial charge in [0.2, 0.25) is 15.9 Å². The Hall–Kier alpha value is -2.45. The molecule has 2 aromatic carbocycles. The van der Waals surface area contributed by atoms with Gasteiger partial charge in [0, 0.05) is 7.05 Å². The average Bonchev–Trinajstić information content (AvgIpc) is 2.52. The van der Waals surface area contributed by atoms with E-state index in [-0.39, 0.29) is 4.90 Å². The van der Waals surface area contributed by atoms with Crippen LogP contribution in [0, 0.1) is 0 Å². The maximum absolute atomic E-state index is 12.5.